The zero-order valence-corrected chi connectivity index (χ0v) is 17.6. The number of carbonyl (C=O) groups is 1. The fraction of sp³-hybridized carbons (Fsp3) is 0.261. The molecule has 1 aliphatic heterocycles. The Morgan fingerprint density at radius 1 is 1.06 bits per heavy atom. The maximum atomic E-state index is 13.6. The molecule has 2 aromatic carbocycles. The molecule has 2 atom stereocenters. The number of halogens is 1. The van der Waals surface area contributed by atoms with Gasteiger partial charge in [0.25, 0.3) is 0 Å². The van der Waals surface area contributed by atoms with Gasteiger partial charge in [-0.1, -0.05) is 18.2 Å². The number of benzene rings is 2. The summed E-state index contributed by atoms with van der Waals surface area (Å²) in [5.74, 6) is 1.40. The van der Waals surface area contributed by atoms with Gasteiger partial charge in [0.15, 0.2) is 17.3 Å². The number of Topliss-reactive ketones (excluding diaryl/α,β-unsaturated/α-hetero) is 1. The van der Waals surface area contributed by atoms with Crippen molar-refractivity contribution in [2.45, 2.75) is 24.8 Å². The fourth-order valence-corrected chi connectivity index (χ4v) is 4.52. The molecular weight excluding hydrogens is 413 g/mol. The number of nitrogen functional groups attached to an aromatic ring is 1. The lowest BCUT2D eigenvalue weighted by Gasteiger charge is -2.35. The molecule has 1 aliphatic carbocycles. The molecule has 0 spiro atoms. The normalized spacial score (nSPS) is 19.8. The first-order valence-corrected chi connectivity index (χ1v) is 10.2. The maximum absolute atomic E-state index is 13.6. The topological polar surface area (TPSA) is 104 Å². The van der Waals surface area contributed by atoms with Crippen molar-refractivity contribution in [2.75, 3.05) is 25.3 Å². The summed E-state index contributed by atoms with van der Waals surface area (Å²) in [4.78, 5) is 17.7. The standard InChI is InChI=1S/C23H22FN5O3/c1-31-18-8-5-13(11-19(18)32-2)14-9-16-20(17(30)10-14)21(12-3-6-15(24)7-4-12)29-23(26-16)27-22(25)28-29/h3-8,11,14,21H,9-10H2,1-2H3,(H3,25,26,27,28)/t14-,21+/m1/s1. The molecule has 32 heavy (non-hydrogen) atoms. The van der Waals surface area contributed by atoms with Crippen LogP contribution in [-0.2, 0) is 4.79 Å². The minimum absolute atomic E-state index is 0.00687. The van der Waals surface area contributed by atoms with Crippen LogP contribution in [-0.4, -0.2) is 34.8 Å². The molecule has 0 saturated heterocycles. The number of aromatic nitrogens is 3. The molecule has 0 unspecified atom stereocenters. The minimum atomic E-state index is -0.523. The van der Waals surface area contributed by atoms with Crippen LogP contribution in [0.25, 0.3) is 0 Å². The molecule has 8 nitrogen and oxygen atoms in total. The zero-order valence-electron chi connectivity index (χ0n) is 17.6. The highest BCUT2D eigenvalue weighted by Gasteiger charge is 2.39. The van der Waals surface area contributed by atoms with Crippen LogP contribution in [0.15, 0.2) is 53.7 Å². The van der Waals surface area contributed by atoms with E-state index in [9.17, 15) is 9.18 Å². The van der Waals surface area contributed by atoms with E-state index in [-0.39, 0.29) is 23.5 Å². The number of nitrogens with zero attached hydrogens (tertiary/aromatic N) is 3. The van der Waals surface area contributed by atoms with Crippen molar-refractivity contribution >= 4 is 17.7 Å². The molecule has 5 rings (SSSR count). The SMILES string of the molecule is COc1ccc([C@H]2CC(=O)C3=C(C2)Nc2nc(N)nn2[C@H]3c2ccc(F)cc2)cc1OC. The zero-order chi connectivity index (χ0) is 22.4. The van der Waals surface area contributed by atoms with Gasteiger partial charge in [0.05, 0.1) is 14.2 Å². The summed E-state index contributed by atoms with van der Waals surface area (Å²) in [5, 5.41) is 7.54. The van der Waals surface area contributed by atoms with Gasteiger partial charge in [0.2, 0.25) is 11.9 Å². The van der Waals surface area contributed by atoms with Crippen molar-refractivity contribution in [1.82, 2.24) is 14.8 Å². The van der Waals surface area contributed by atoms with Crippen molar-refractivity contribution in [3.8, 4) is 11.5 Å². The fourth-order valence-electron chi connectivity index (χ4n) is 4.52. The second-order valence-corrected chi connectivity index (χ2v) is 7.85. The Morgan fingerprint density at radius 2 is 1.78 bits per heavy atom. The van der Waals surface area contributed by atoms with E-state index in [1.807, 2.05) is 18.2 Å². The lowest BCUT2D eigenvalue weighted by atomic mass is 9.78. The summed E-state index contributed by atoms with van der Waals surface area (Å²) in [6, 6.07) is 11.2. The van der Waals surface area contributed by atoms with E-state index in [0.717, 1.165) is 16.8 Å². The predicted molar refractivity (Wildman–Crippen MR) is 116 cm³/mol. The summed E-state index contributed by atoms with van der Waals surface area (Å²) in [6.45, 7) is 0. The van der Waals surface area contributed by atoms with Crippen LogP contribution in [0.4, 0.5) is 16.3 Å². The lowest BCUT2D eigenvalue weighted by molar-refractivity contribution is -0.116. The van der Waals surface area contributed by atoms with Crippen LogP contribution in [0.3, 0.4) is 0 Å². The van der Waals surface area contributed by atoms with Gasteiger partial charge < -0.3 is 20.5 Å². The number of hydrogen-bond acceptors (Lipinski definition) is 7. The largest absolute Gasteiger partial charge is 0.493 e. The second-order valence-electron chi connectivity index (χ2n) is 7.85. The van der Waals surface area contributed by atoms with Gasteiger partial charge in [-0.2, -0.15) is 4.98 Å². The van der Waals surface area contributed by atoms with Crippen LogP contribution < -0.4 is 20.5 Å². The molecule has 3 N–H and O–H groups in total. The Labute approximate surface area is 183 Å². The number of nitrogens with one attached hydrogen (secondary N) is 1. The average molecular weight is 435 g/mol. The van der Waals surface area contributed by atoms with E-state index in [1.54, 1.807) is 31.0 Å². The molecule has 0 fully saturated rings. The predicted octanol–water partition coefficient (Wildman–Crippen LogP) is 3.43. The number of nitrogens with two attached hydrogens (primary N) is 1. The second kappa shape index (κ2) is 7.67. The Balaban J connectivity index is 1.57. The Hall–Kier alpha value is -3.88. The van der Waals surface area contributed by atoms with Crippen molar-refractivity contribution in [1.29, 1.82) is 0 Å². The Bertz CT molecular complexity index is 1230. The van der Waals surface area contributed by atoms with Crippen molar-refractivity contribution < 1.29 is 18.7 Å². The van der Waals surface area contributed by atoms with Gasteiger partial charge in [-0.3, -0.25) is 4.79 Å². The van der Waals surface area contributed by atoms with E-state index in [0.29, 0.717) is 35.9 Å². The van der Waals surface area contributed by atoms with Crippen molar-refractivity contribution in [3.63, 3.8) is 0 Å². The Kier molecular flexibility index (Phi) is 4.80. The van der Waals surface area contributed by atoms with E-state index >= 15 is 0 Å². The van der Waals surface area contributed by atoms with Gasteiger partial charge in [0.1, 0.15) is 11.9 Å². The van der Waals surface area contributed by atoms with E-state index in [2.05, 4.69) is 15.4 Å². The molecule has 0 radical (unpaired) electrons. The molecule has 0 bridgehead atoms. The summed E-state index contributed by atoms with van der Waals surface area (Å²) < 4.78 is 25.9. The van der Waals surface area contributed by atoms with Gasteiger partial charge in [-0.05, 0) is 47.7 Å². The molecule has 2 heterocycles. The number of ketones is 1. The molecule has 164 valence electrons. The number of hydrogen-bond donors (Lipinski definition) is 2. The molecule has 0 amide bonds. The molecule has 3 aromatic rings. The van der Waals surface area contributed by atoms with Gasteiger partial charge in [-0.25, -0.2) is 9.07 Å². The Morgan fingerprint density at radius 3 is 2.50 bits per heavy atom. The van der Waals surface area contributed by atoms with Crippen LogP contribution in [0, 0.1) is 5.82 Å². The highest BCUT2D eigenvalue weighted by molar-refractivity contribution is 6.00. The summed E-state index contributed by atoms with van der Waals surface area (Å²) in [7, 11) is 3.17. The quantitative estimate of drug-likeness (QED) is 0.647. The first kappa shape index (κ1) is 20.0. The van der Waals surface area contributed by atoms with E-state index < -0.39 is 6.04 Å². The van der Waals surface area contributed by atoms with E-state index in [4.69, 9.17) is 15.2 Å². The molecule has 9 heteroatoms. The molecule has 1 aromatic heterocycles. The highest BCUT2D eigenvalue weighted by Crippen LogP contribution is 2.45. The molecular formula is C23H22FN5O3. The third-order valence-corrected chi connectivity index (χ3v) is 6.00. The van der Waals surface area contributed by atoms with Crippen molar-refractivity contribution in [2.24, 2.45) is 0 Å². The number of anilines is 2. The van der Waals surface area contributed by atoms with Crippen LogP contribution in [0.1, 0.15) is 35.9 Å². The van der Waals surface area contributed by atoms with E-state index in [1.165, 1.54) is 12.1 Å². The first-order chi connectivity index (χ1) is 15.5. The van der Waals surface area contributed by atoms with Crippen LogP contribution in [0.2, 0.25) is 0 Å². The molecule has 2 aliphatic rings. The van der Waals surface area contributed by atoms with Gasteiger partial charge >= 0.3 is 0 Å². The number of methoxy groups -OCH3 is 2. The lowest BCUT2D eigenvalue weighted by Crippen LogP contribution is -2.33. The number of allylic oxidation sites excluding steroid dienone is 2. The minimum Gasteiger partial charge on any atom is -0.493 e. The highest BCUT2D eigenvalue weighted by atomic mass is 19.1. The summed E-state index contributed by atoms with van der Waals surface area (Å²) in [6.07, 6.45) is 0.925. The molecule has 0 saturated carbocycles. The van der Waals surface area contributed by atoms with Crippen molar-refractivity contribution in [3.05, 3.63) is 70.7 Å². The number of carbonyl (C=O) groups excluding carboxylic acids is 1. The number of ether oxygens (including phenoxy) is 2. The van der Waals surface area contributed by atoms with Crippen LogP contribution in [0.5, 0.6) is 11.5 Å². The maximum Gasteiger partial charge on any atom is 0.241 e. The number of rotatable bonds is 4. The van der Waals surface area contributed by atoms with Gasteiger partial charge in [0, 0.05) is 17.7 Å². The number of fused-ring (bicyclic) bond motifs is 1. The third kappa shape index (κ3) is 3.26. The van der Waals surface area contributed by atoms with Gasteiger partial charge in [-0.15, -0.1) is 5.10 Å². The average Bonchev–Trinajstić information content (AvgIpc) is 3.17. The van der Waals surface area contributed by atoms with Crippen LogP contribution >= 0.6 is 0 Å². The summed E-state index contributed by atoms with van der Waals surface area (Å²) in [5.41, 5.74) is 8.95. The summed E-state index contributed by atoms with van der Waals surface area (Å²) >= 11 is 0. The third-order valence-electron chi connectivity index (χ3n) is 6.00. The first-order valence-electron chi connectivity index (χ1n) is 10.2. The smallest absolute Gasteiger partial charge is 0.241 e. The monoisotopic (exact) mass is 435 g/mol.